The van der Waals surface area contributed by atoms with E-state index in [1.165, 1.54) is 13.2 Å². The van der Waals surface area contributed by atoms with Crippen molar-refractivity contribution in [3.05, 3.63) is 47.7 Å². The Morgan fingerprint density at radius 2 is 2.00 bits per heavy atom. The van der Waals surface area contributed by atoms with Gasteiger partial charge in [-0.25, -0.2) is 4.79 Å². The molecule has 0 heterocycles. The van der Waals surface area contributed by atoms with Crippen LogP contribution in [0.3, 0.4) is 0 Å². The van der Waals surface area contributed by atoms with Crippen LogP contribution in [0.4, 0.5) is 0 Å². The summed E-state index contributed by atoms with van der Waals surface area (Å²) in [5.74, 6) is -0.373. The fourth-order valence-corrected chi connectivity index (χ4v) is 1.39. The zero-order valence-corrected chi connectivity index (χ0v) is 10.1. The van der Waals surface area contributed by atoms with Crippen LogP contribution in [0, 0.1) is 0 Å². The zero-order valence-electron chi connectivity index (χ0n) is 10.1. The molecule has 0 bridgehead atoms. The first kappa shape index (κ1) is 13.3. The molecule has 0 aliphatic carbocycles. The Morgan fingerprint density at radius 3 is 2.65 bits per heavy atom. The molecule has 0 saturated heterocycles. The molecule has 1 N–H and O–H groups in total. The Balaban J connectivity index is 2.51. The Labute approximate surface area is 101 Å². The maximum Gasteiger partial charge on any atom is 0.331 e. The van der Waals surface area contributed by atoms with Gasteiger partial charge >= 0.3 is 5.97 Å². The summed E-state index contributed by atoms with van der Waals surface area (Å²) in [6.07, 6.45) is 2.92. The van der Waals surface area contributed by atoms with Crippen LogP contribution in [-0.4, -0.2) is 20.2 Å². The van der Waals surface area contributed by atoms with E-state index < -0.39 is 0 Å². The van der Waals surface area contributed by atoms with Crippen molar-refractivity contribution >= 4 is 5.97 Å². The van der Waals surface area contributed by atoms with Crippen LogP contribution >= 0.6 is 0 Å². The predicted octanol–water partition coefficient (Wildman–Crippen LogP) is 1.61. The number of methoxy groups -OCH3 is 2. The highest BCUT2D eigenvalue weighted by Crippen LogP contribution is 2.09. The fourth-order valence-electron chi connectivity index (χ4n) is 1.39. The summed E-state index contributed by atoms with van der Waals surface area (Å²) >= 11 is 0. The molecule has 1 aromatic carbocycles. The molecule has 0 aromatic heterocycles. The van der Waals surface area contributed by atoms with Crippen molar-refractivity contribution in [2.45, 2.75) is 13.2 Å². The first-order valence-electron chi connectivity index (χ1n) is 5.31. The number of rotatable bonds is 6. The molecule has 0 atom stereocenters. The van der Waals surface area contributed by atoms with Crippen molar-refractivity contribution in [2.24, 2.45) is 0 Å². The number of hydrogen-bond donors (Lipinski definition) is 1. The Kier molecular flexibility index (Phi) is 5.82. The number of hydrogen-bond acceptors (Lipinski definition) is 4. The van der Waals surface area contributed by atoms with Crippen LogP contribution in [0.5, 0.6) is 0 Å². The molecule has 0 radical (unpaired) electrons. The van der Waals surface area contributed by atoms with Crippen LogP contribution < -0.4 is 5.32 Å². The minimum Gasteiger partial charge on any atom is -0.466 e. The number of carbonyl (C=O) groups is 1. The summed E-state index contributed by atoms with van der Waals surface area (Å²) in [4.78, 5) is 10.8. The summed E-state index contributed by atoms with van der Waals surface area (Å²) in [7, 11) is 3.02. The molecular weight excluding hydrogens is 218 g/mol. The molecule has 0 amide bonds. The molecule has 0 aliphatic heterocycles. The van der Waals surface area contributed by atoms with Crippen molar-refractivity contribution in [3.63, 3.8) is 0 Å². The minimum atomic E-state index is -0.373. The Hall–Kier alpha value is -1.81. The number of benzene rings is 1. The van der Waals surface area contributed by atoms with Gasteiger partial charge in [-0.1, -0.05) is 24.3 Å². The summed E-state index contributed by atoms with van der Waals surface area (Å²) in [6, 6.07) is 7.99. The van der Waals surface area contributed by atoms with Gasteiger partial charge in [0.1, 0.15) is 0 Å². The lowest BCUT2D eigenvalue weighted by atomic mass is 10.1. The van der Waals surface area contributed by atoms with Crippen molar-refractivity contribution in [3.8, 4) is 0 Å². The van der Waals surface area contributed by atoms with Crippen molar-refractivity contribution < 1.29 is 14.3 Å². The lowest BCUT2D eigenvalue weighted by Gasteiger charge is -2.08. The standard InChI is InChI=1S/C13H17NO3/c1-16-10-12-6-4-3-5-11(12)9-14-8-7-13(15)17-2/h3-8,14H,9-10H2,1-2H3/b8-7+. The largest absolute Gasteiger partial charge is 0.466 e. The first-order chi connectivity index (χ1) is 8.27. The molecule has 0 fully saturated rings. The van der Waals surface area contributed by atoms with E-state index in [0.717, 1.165) is 11.1 Å². The van der Waals surface area contributed by atoms with Gasteiger partial charge in [0, 0.05) is 25.9 Å². The van der Waals surface area contributed by atoms with Gasteiger partial charge in [0.25, 0.3) is 0 Å². The topological polar surface area (TPSA) is 47.6 Å². The monoisotopic (exact) mass is 235 g/mol. The highest BCUT2D eigenvalue weighted by Gasteiger charge is 1.99. The lowest BCUT2D eigenvalue weighted by molar-refractivity contribution is -0.134. The normalized spacial score (nSPS) is 10.5. The SMILES string of the molecule is COCc1ccccc1CN/C=C/C(=O)OC. The minimum absolute atomic E-state index is 0.373. The van der Waals surface area contributed by atoms with Gasteiger partial charge in [-0.2, -0.15) is 0 Å². The van der Waals surface area contributed by atoms with Crippen LogP contribution in [0.15, 0.2) is 36.5 Å². The zero-order chi connectivity index (χ0) is 12.5. The number of nitrogens with one attached hydrogen (secondary N) is 1. The van der Waals surface area contributed by atoms with E-state index in [0.29, 0.717) is 13.2 Å². The van der Waals surface area contributed by atoms with Crippen LogP contribution in [0.2, 0.25) is 0 Å². The number of esters is 1. The first-order valence-corrected chi connectivity index (χ1v) is 5.31. The highest BCUT2D eigenvalue weighted by molar-refractivity contribution is 5.81. The van der Waals surface area contributed by atoms with Gasteiger partial charge < -0.3 is 14.8 Å². The van der Waals surface area contributed by atoms with E-state index in [9.17, 15) is 4.79 Å². The van der Waals surface area contributed by atoms with Gasteiger partial charge in [-0.3, -0.25) is 0 Å². The third-order valence-electron chi connectivity index (χ3n) is 2.25. The molecular formula is C13H17NO3. The molecule has 0 aliphatic rings. The smallest absolute Gasteiger partial charge is 0.331 e. The molecule has 0 saturated carbocycles. The van der Waals surface area contributed by atoms with Gasteiger partial charge in [-0.05, 0) is 11.1 Å². The predicted molar refractivity (Wildman–Crippen MR) is 65.2 cm³/mol. The second-order valence-corrected chi connectivity index (χ2v) is 3.44. The average Bonchev–Trinajstić information content (AvgIpc) is 2.36. The third kappa shape index (κ3) is 4.70. The molecule has 1 rings (SSSR count). The maximum absolute atomic E-state index is 10.8. The van der Waals surface area contributed by atoms with Crippen molar-refractivity contribution in [1.82, 2.24) is 5.32 Å². The van der Waals surface area contributed by atoms with Crippen molar-refractivity contribution in [1.29, 1.82) is 0 Å². The maximum atomic E-state index is 10.8. The molecule has 4 nitrogen and oxygen atoms in total. The molecule has 1 aromatic rings. The van der Waals surface area contributed by atoms with E-state index in [-0.39, 0.29) is 5.97 Å². The van der Waals surface area contributed by atoms with Gasteiger partial charge in [0.2, 0.25) is 0 Å². The van der Waals surface area contributed by atoms with Crippen molar-refractivity contribution in [2.75, 3.05) is 14.2 Å². The van der Waals surface area contributed by atoms with E-state index in [1.807, 2.05) is 24.3 Å². The summed E-state index contributed by atoms with van der Waals surface area (Å²) < 4.78 is 9.59. The van der Waals surface area contributed by atoms with Gasteiger partial charge in [-0.15, -0.1) is 0 Å². The molecule has 0 spiro atoms. The van der Waals surface area contributed by atoms with Gasteiger partial charge in [0.05, 0.1) is 13.7 Å². The van der Waals surface area contributed by atoms with E-state index >= 15 is 0 Å². The summed E-state index contributed by atoms with van der Waals surface area (Å²) in [5.41, 5.74) is 2.28. The average molecular weight is 235 g/mol. The lowest BCUT2D eigenvalue weighted by Crippen LogP contribution is -2.08. The van der Waals surface area contributed by atoms with Gasteiger partial charge in [0.15, 0.2) is 0 Å². The van der Waals surface area contributed by atoms with Crippen LogP contribution in [0.1, 0.15) is 11.1 Å². The molecule has 0 unspecified atom stereocenters. The van der Waals surface area contributed by atoms with E-state index in [2.05, 4.69) is 10.1 Å². The summed E-state index contributed by atoms with van der Waals surface area (Å²) in [5, 5.41) is 3.03. The number of carbonyl (C=O) groups excluding carboxylic acids is 1. The third-order valence-corrected chi connectivity index (χ3v) is 2.25. The van der Waals surface area contributed by atoms with Crippen LogP contribution in [0.25, 0.3) is 0 Å². The Bertz CT molecular complexity index is 388. The van der Waals surface area contributed by atoms with Crippen LogP contribution in [-0.2, 0) is 27.4 Å². The van der Waals surface area contributed by atoms with E-state index in [1.54, 1.807) is 13.3 Å². The molecule has 17 heavy (non-hydrogen) atoms. The highest BCUT2D eigenvalue weighted by atomic mass is 16.5. The van der Waals surface area contributed by atoms with E-state index in [4.69, 9.17) is 4.74 Å². The second-order valence-electron chi connectivity index (χ2n) is 3.44. The Morgan fingerprint density at radius 1 is 1.29 bits per heavy atom. The fraction of sp³-hybridized carbons (Fsp3) is 0.308. The quantitative estimate of drug-likeness (QED) is 0.601. The number of ether oxygens (including phenoxy) is 2. The second kappa shape index (κ2) is 7.46. The molecule has 92 valence electrons. The summed E-state index contributed by atoms with van der Waals surface area (Å²) in [6.45, 7) is 1.23. The molecule has 4 heteroatoms.